The number of nitrogens with zero attached hydrogens (tertiary/aromatic N) is 1. The molecule has 0 aliphatic heterocycles. The van der Waals surface area contributed by atoms with E-state index in [1.807, 2.05) is 18.2 Å². The Labute approximate surface area is 106 Å². The Hall–Kier alpha value is -1.94. The molecule has 0 bridgehead atoms. The van der Waals surface area contributed by atoms with Crippen molar-refractivity contribution in [3.05, 3.63) is 59.5 Å². The highest BCUT2D eigenvalue weighted by Crippen LogP contribution is 2.13. The van der Waals surface area contributed by atoms with E-state index >= 15 is 0 Å². The van der Waals surface area contributed by atoms with Crippen LogP contribution < -0.4 is 5.32 Å². The van der Waals surface area contributed by atoms with Crippen molar-refractivity contribution in [2.45, 2.75) is 13.2 Å². The number of methoxy groups -OCH3 is 1. The number of hydrogen-bond donors (Lipinski definition) is 1. The van der Waals surface area contributed by atoms with Crippen molar-refractivity contribution < 1.29 is 9.13 Å². The second kappa shape index (κ2) is 6.12. The maximum atomic E-state index is 13.4. The van der Waals surface area contributed by atoms with Gasteiger partial charge in [-0.3, -0.25) is 0 Å². The van der Waals surface area contributed by atoms with Gasteiger partial charge in [0.1, 0.15) is 11.6 Å². The predicted octanol–water partition coefficient (Wildman–Crippen LogP) is 2.98. The van der Waals surface area contributed by atoms with Gasteiger partial charge < -0.3 is 10.1 Å². The zero-order valence-electron chi connectivity index (χ0n) is 10.2. The van der Waals surface area contributed by atoms with Crippen LogP contribution in [0.1, 0.15) is 11.1 Å². The summed E-state index contributed by atoms with van der Waals surface area (Å²) in [7, 11) is 1.55. The molecule has 94 valence electrons. The van der Waals surface area contributed by atoms with Crippen LogP contribution in [0.2, 0.25) is 0 Å². The summed E-state index contributed by atoms with van der Waals surface area (Å²) < 4.78 is 18.4. The van der Waals surface area contributed by atoms with E-state index in [2.05, 4.69) is 10.3 Å². The first-order chi connectivity index (χ1) is 8.79. The van der Waals surface area contributed by atoms with Crippen LogP contribution in [0, 0.1) is 5.82 Å². The molecule has 0 saturated heterocycles. The second-order valence-electron chi connectivity index (χ2n) is 3.93. The Morgan fingerprint density at radius 2 is 2.17 bits per heavy atom. The van der Waals surface area contributed by atoms with Crippen LogP contribution in [0.15, 0.2) is 42.6 Å². The lowest BCUT2D eigenvalue weighted by Gasteiger charge is -2.08. The third kappa shape index (κ3) is 3.28. The first kappa shape index (κ1) is 12.5. The van der Waals surface area contributed by atoms with Crippen molar-refractivity contribution in [1.29, 1.82) is 0 Å². The Morgan fingerprint density at radius 1 is 1.28 bits per heavy atom. The fourth-order valence-corrected chi connectivity index (χ4v) is 1.66. The quantitative estimate of drug-likeness (QED) is 0.880. The smallest absolute Gasteiger partial charge is 0.128 e. The minimum atomic E-state index is -0.238. The summed E-state index contributed by atoms with van der Waals surface area (Å²) in [5.41, 5.74) is 1.56. The summed E-state index contributed by atoms with van der Waals surface area (Å²) in [6.45, 7) is 0.886. The fourth-order valence-electron chi connectivity index (χ4n) is 1.66. The number of nitrogens with one attached hydrogen (secondary N) is 1. The van der Waals surface area contributed by atoms with E-state index in [0.29, 0.717) is 12.1 Å². The molecule has 0 atom stereocenters. The lowest BCUT2D eigenvalue weighted by molar-refractivity contribution is 0.181. The van der Waals surface area contributed by atoms with E-state index in [0.717, 1.165) is 11.4 Å². The molecule has 0 unspecified atom stereocenters. The molecule has 3 nitrogen and oxygen atoms in total. The van der Waals surface area contributed by atoms with Crippen LogP contribution in [-0.2, 0) is 17.9 Å². The molecule has 1 aromatic carbocycles. The third-order valence-electron chi connectivity index (χ3n) is 2.55. The molecule has 0 amide bonds. The standard InChI is InChI=1S/C14H15FN2O/c1-18-10-12-8-11(5-6-13(12)15)9-17-14-4-2-3-7-16-14/h2-8H,9-10H2,1H3,(H,16,17). The van der Waals surface area contributed by atoms with E-state index in [-0.39, 0.29) is 12.4 Å². The molecule has 2 rings (SSSR count). The van der Waals surface area contributed by atoms with Gasteiger partial charge in [0.05, 0.1) is 6.61 Å². The average Bonchev–Trinajstić information content (AvgIpc) is 2.41. The van der Waals surface area contributed by atoms with Gasteiger partial charge in [0, 0.05) is 25.4 Å². The minimum absolute atomic E-state index is 0.238. The highest BCUT2D eigenvalue weighted by molar-refractivity contribution is 5.35. The summed E-state index contributed by atoms with van der Waals surface area (Å²) in [5.74, 6) is 0.563. The Morgan fingerprint density at radius 3 is 2.89 bits per heavy atom. The summed E-state index contributed by atoms with van der Waals surface area (Å²) in [5, 5.41) is 3.18. The largest absolute Gasteiger partial charge is 0.380 e. The highest BCUT2D eigenvalue weighted by atomic mass is 19.1. The first-order valence-corrected chi connectivity index (χ1v) is 5.71. The van der Waals surface area contributed by atoms with Crippen molar-refractivity contribution in [1.82, 2.24) is 4.98 Å². The predicted molar refractivity (Wildman–Crippen MR) is 68.7 cm³/mol. The van der Waals surface area contributed by atoms with Crippen molar-refractivity contribution in [3.63, 3.8) is 0 Å². The molecule has 4 heteroatoms. The third-order valence-corrected chi connectivity index (χ3v) is 2.55. The molecule has 0 saturated carbocycles. The second-order valence-corrected chi connectivity index (χ2v) is 3.93. The van der Waals surface area contributed by atoms with Crippen LogP contribution in [0.3, 0.4) is 0 Å². The van der Waals surface area contributed by atoms with Crippen LogP contribution in [0.5, 0.6) is 0 Å². The van der Waals surface area contributed by atoms with Gasteiger partial charge in [-0.1, -0.05) is 12.1 Å². The van der Waals surface area contributed by atoms with Crippen LogP contribution in [0.25, 0.3) is 0 Å². The minimum Gasteiger partial charge on any atom is -0.380 e. The Kier molecular flexibility index (Phi) is 4.25. The maximum absolute atomic E-state index is 13.4. The van der Waals surface area contributed by atoms with Gasteiger partial charge in [0.25, 0.3) is 0 Å². The molecule has 1 N–H and O–H groups in total. The lowest BCUT2D eigenvalue weighted by Crippen LogP contribution is -2.02. The molecule has 18 heavy (non-hydrogen) atoms. The number of anilines is 1. The SMILES string of the molecule is COCc1cc(CNc2ccccn2)ccc1F. The molecule has 0 radical (unpaired) electrons. The zero-order chi connectivity index (χ0) is 12.8. The number of rotatable bonds is 5. The van der Waals surface area contributed by atoms with Crippen molar-refractivity contribution in [3.8, 4) is 0 Å². The van der Waals surface area contributed by atoms with Crippen LogP contribution in [0.4, 0.5) is 10.2 Å². The van der Waals surface area contributed by atoms with Crippen LogP contribution in [-0.4, -0.2) is 12.1 Å². The molecule has 1 heterocycles. The highest BCUT2D eigenvalue weighted by Gasteiger charge is 2.03. The van der Waals surface area contributed by atoms with E-state index in [1.165, 1.54) is 6.07 Å². The fraction of sp³-hybridized carbons (Fsp3) is 0.214. The topological polar surface area (TPSA) is 34.1 Å². The lowest BCUT2D eigenvalue weighted by atomic mass is 10.1. The summed E-state index contributed by atoms with van der Waals surface area (Å²) in [6.07, 6.45) is 1.73. The van der Waals surface area contributed by atoms with Gasteiger partial charge >= 0.3 is 0 Å². The molecule has 2 aromatic rings. The molecular weight excluding hydrogens is 231 g/mol. The van der Waals surface area contributed by atoms with Gasteiger partial charge in [0.15, 0.2) is 0 Å². The molecule has 0 spiro atoms. The number of benzene rings is 1. The Bertz CT molecular complexity index is 502. The first-order valence-electron chi connectivity index (χ1n) is 5.71. The molecule has 1 aromatic heterocycles. The molecule has 0 aliphatic carbocycles. The molecular formula is C14H15FN2O. The number of ether oxygens (including phenoxy) is 1. The van der Waals surface area contributed by atoms with Gasteiger partial charge in [-0.15, -0.1) is 0 Å². The van der Waals surface area contributed by atoms with E-state index < -0.39 is 0 Å². The monoisotopic (exact) mass is 246 g/mol. The maximum Gasteiger partial charge on any atom is 0.128 e. The van der Waals surface area contributed by atoms with Crippen molar-refractivity contribution in [2.24, 2.45) is 0 Å². The summed E-state index contributed by atoms with van der Waals surface area (Å²) >= 11 is 0. The summed E-state index contributed by atoms with van der Waals surface area (Å²) in [6, 6.07) is 10.7. The van der Waals surface area contributed by atoms with E-state index in [1.54, 1.807) is 25.4 Å². The summed E-state index contributed by atoms with van der Waals surface area (Å²) in [4.78, 5) is 4.16. The molecule has 0 fully saturated rings. The number of aromatic nitrogens is 1. The number of pyridine rings is 1. The van der Waals surface area contributed by atoms with E-state index in [4.69, 9.17) is 4.74 Å². The average molecular weight is 246 g/mol. The van der Waals surface area contributed by atoms with Gasteiger partial charge in [-0.25, -0.2) is 9.37 Å². The molecule has 0 aliphatic rings. The number of halogens is 1. The van der Waals surface area contributed by atoms with Crippen molar-refractivity contribution in [2.75, 3.05) is 12.4 Å². The normalized spacial score (nSPS) is 10.3. The van der Waals surface area contributed by atoms with Crippen molar-refractivity contribution >= 4 is 5.82 Å². The van der Waals surface area contributed by atoms with E-state index in [9.17, 15) is 4.39 Å². The van der Waals surface area contributed by atoms with Gasteiger partial charge in [-0.05, 0) is 29.8 Å². The zero-order valence-corrected chi connectivity index (χ0v) is 10.2. The Balaban J connectivity index is 2.03. The van der Waals surface area contributed by atoms with Gasteiger partial charge in [0.2, 0.25) is 0 Å². The number of hydrogen-bond acceptors (Lipinski definition) is 3. The van der Waals surface area contributed by atoms with Gasteiger partial charge in [-0.2, -0.15) is 0 Å². The van der Waals surface area contributed by atoms with Crippen LogP contribution >= 0.6 is 0 Å².